The maximum atomic E-state index is 11.4. The van der Waals surface area contributed by atoms with Gasteiger partial charge in [0.25, 0.3) is 0 Å². The highest BCUT2D eigenvalue weighted by Crippen LogP contribution is 2.38. The number of carboxylic acids is 1. The van der Waals surface area contributed by atoms with Crippen molar-refractivity contribution in [1.29, 1.82) is 0 Å². The molecule has 0 spiro atoms. The third kappa shape index (κ3) is 3.08. The van der Waals surface area contributed by atoms with Gasteiger partial charge in [-0.2, -0.15) is 0 Å². The normalized spacial score (nSPS) is 14.1. The minimum Gasteiger partial charge on any atom is -0.477 e. The van der Waals surface area contributed by atoms with Crippen LogP contribution < -0.4 is 0 Å². The van der Waals surface area contributed by atoms with Gasteiger partial charge in [0.1, 0.15) is 5.82 Å². The fourth-order valence-corrected chi connectivity index (χ4v) is 2.65. The number of rotatable bonds is 4. The van der Waals surface area contributed by atoms with E-state index in [0.29, 0.717) is 33.8 Å². The molecule has 4 nitrogen and oxygen atoms in total. The van der Waals surface area contributed by atoms with Crippen LogP contribution in [-0.2, 0) is 6.42 Å². The van der Waals surface area contributed by atoms with E-state index in [0.717, 1.165) is 24.1 Å². The van der Waals surface area contributed by atoms with Crippen LogP contribution in [0.1, 0.15) is 51.9 Å². The highest BCUT2D eigenvalue weighted by molar-refractivity contribution is 6.42. The molecule has 1 heterocycles. The molecule has 0 saturated heterocycles. The Balaban J connectivity index is 2.01. The molecule has 0 amide bonds. The standard InChI is InChI=1S/C16H14Cl2N2O2/c1-8-13(7-9-2-5-11(17)12(18)6-9)19-15(10-3-4-10)20-14(8)16(21)22/h2,5-6,10H,3-4,7H2,1H3,(H,21,22). The van der Waals surface area contributed by atoms with Crippen LogP contribution in [0, 0.1) is 6.92 Å². The van der Waals surface area contributed by atoms with Crippen molar-refractivity contribution in [3.8, 4) is 0 Å². The van der Waals surface area contributed by atoms with E-state index < -0.39 is 5.97 Å². The van der Waals surface area contributed by atoms with Gasteiger partial charge in [-0.3, -0.25) is 0 Å². The first kappa shape index (κ1) is 15.3. The maximum Gasteiger partial charge on any atom is 0.354 e. The van der Waals surface area contributed by atoms with Gasteiger partial charge in [0.05, 0.1) is 15.7 Å². The van der Waals surface area contributed by atoms with Gasteiger partial charge in [0.2, 0.25) is 0 Å². The second-order valence-corrected chi connectivity index (χ2v) is 6.32. The molecule has 1 aliphatic rings. The van der Waals surface area contributed by atoms with Crippen molar-refractivity contribution < 1.29 is 9.90 Å². The van der Waals surface area contributed by atoms with E-state index in [9.17, 15) is 9.90 Å². The lowest BCUT2D eigenvalue weighted by Gasteiger charge is -2.11. The van der Waals surface area contributed by atoms with Crippen molar-refractivity contribution in [2.75, 3.05) is 0 Å². The number of aromatic carboxylic acids is 1. The number of carbonyl (C=O) groups is 1. The number of hydrogen-bond acceptors (Lipinski definition) is 3. The predicted octanol–water partition coefficient (Wildman–Crippen LogP) is 4.26. The molecule has 0 aliphatic heterocycles. The van der Waals surface area contributed by atoms with Crippen LogP contribution in [0.3, 0.4) is 0 Å². The van der Waals surface area contributed by atoms with E-state index >= 15 is 0 Å². The van der Waals surface area contributed by atoms with Gasteiger partial charge in [0, 0.05) is 17.9 Å². The third-order valence-electron chi connectivity index (χ3n) is 3.76. The summed E-state index contributed by atoms with van der Waals surface area (Å²) in [5.41, 5.74) is 2.36. The monoisotopic (exact) mass is 336 g/mol. The summed E-state index contributed by atoms with van der Waals surface area (Å²) in [6.45, 7) is 1.74. The van der Waals surface area contributed by atoms with Crippen molar-refractivity contribution in [3.63, 3.8) is 0 Å². The van der Waals surface area contributed by atoms with Gasteiger partial charge >= 0.3 is 5.97 Å². The first-order chi connectivity index (χ1) is 10.5. The summed E-state index contributed by atoms with van der Waals surface area (Å²) in [5, 5.41) is 10.3. The van der Waals surface area contributed by atoms with Gasteiger partial charge in [0.15, 0.2) is 5.69 Å². The second kappa shape index (κ2) is 5.86. The predicted molar refractivity (Wildman–Crippen MR) is 85.0 cm³/mol. The first-order valence-electron chi connectivity index (χ1n) is 7.00. The second-order valence-electron chi connectivity index (χ2n) is 5.51. The van der Waals surface area contributed by atoms with Crippen molar-refractivity contribution in [3.05, 3.63) is 56.6 Å². The summed E-state index contributed by atoms with van der Waals surface area (Å²) >= 11 is 12.0. The van der Waals surface area contributed by atoms with Gasteiger partial charge < -0.3 is 5.11 Å². The summed E-state index contributed by atoms with van der Waals surface area (Å²) < 4.78 is 0. The molecule has 22 heavy (non-hydrogen) atoms. The average molecular weight is 337 g/mol. The smallest absolute Gasteiger partial charge is 0.354 e. The van der Waals surface area contributed by atoms with E-state index in [-0.39, 0.29) is 5.69 Å². The topological polar surface area (TPSA) is 63.1 Å². The third-order valence-corrected chi connectivity index (χ3v) is 4.50. The summed E-state index contributed by atoms with van der Waals surface area (Å²) in [5.74, 6) is -0.0819. The summed E-state index contributed by atoms with van der Waals surface area (Å²) in [4.78, 5) is 20.2. The summed E-state index contributed by atoms with van der Waals surface area (Å²) in [6, 6.07) is 5.38. The molecule has 114 valence electrons. The quantitative estimate of drug-likeness (QED) is 0.905. The number of halogens is 2. The molecule has 2 aromatic rings. The summed E-state index contributed by atoms with van der Waals surface area (Å²) in [7, 11) is 0. The molecule has 0 radical (unpaired) electrons. The van der Waals surface area contributed by atoms with Crippen molar-refractivity contribution in [2.24, 2.45) is 0 Å². The lowest BCUT2D eigenvalue weighted by atomic mass is 10.0. The van der Waals surface area contributed by atoms with Crippen molar-refractivity contribution in [1.82, 2.24) is 9.97 Å². The largest absolute Gasteiger partial charge is 0.477 e. The molecule has 0 bridgehead atoms. The number of benzene rings is 1. The number of hydrogen-bond donors (Lipinski definition) is 1. The van der Waals surface area contributed by atoms with Crippen LogP contribution in [0.15, 0.2) is 18.2 Å². The lowest BCUT2D eigenvalue weighted by molar-refractivity contribution is 0.0688. The fourth-order valence-electron chi connectivity index (χ4n) is 2.33. The number of aromatic nitrogens is 2. The molecule has 1 aromatic heterocycles. The molecule has 1 aromatic carbocycles. The van der Waals surface area contributed by atoms with Gasteiger partial charge in [-0.1, -0.05) is 29.3 Å². The Kier molecular flexibility index (Phi) is 4.06. The first-order valence-corrected chi connectivity index (χ1v) is 7.76. The number of nitrogens with zero attached hydrogens (tertiary/aromatic N) is 2. The van der Waals surface area contributed by atoms with E-state index in [1.165, 1.54) is 0 Å². The van der Waals surface area contributed by atoms with Crippen LogP contribution in [-0.4, -0.2) is 21.0 Å². The fraction of sp³-hybridized carbons (Fsp3) is 0.312. The van der Waals surface area contributed by atoms with Crippen LogP contribution >= 0.6 is 23.2 Å². The highest BCUT2D eigenvalue weighted by Gasteiger charge is 2.29. The zero-order valence-electron chi connectivity index (χ0n) is 11.9. The molecule has 1 aliphatic carbocycles. The maximum absolute atomic E-state index is 11.4. The molecule has 0 unspecified atom stereocenters. The van der Waals surface area contributed by atoms with Crippen molar-refractivity contribution in [2.45, 2.75) is 32.1 Å². The molecule has 3 rings (SSSR count). The van der Waals surface area contributed by atoms with E-state index in [1.807, 2.05) is 6.07 Å². The minimum atomic E-state index is -1.02. The average Bonchev–Trinajstić information content (AvgIpc) is 3.29. The van der Waals surface area contributed by atoms with Crippen molar-refractivity contribution >= 4 is 29.2 Å². The Morgan fingerprint density at radius 2 is 2.00 bits per heavy atom. The van der Waals surface area contributed by atoms with Gasteiger partial charge in [-0.25, -0.2) is 14.8 Å². The minimum absolute atomic E-state index is 0.0898. The zero-order chi connectivity index (χ0) is 15.9. The van der Waals surface area contributed by atoms with Crippen LogP contribution in [0.4, 0.5) is 0 Å². The molecule has 6 heteroatoms. The van der Waals surface area contributed by atoms with Crippen LogP contribution in [0.5, 0.6) is 0 Å². The van der Waals surface area contributed by atoms with Gasteiger partial charge in [-0.05, 0) is 37.5 Å². The van der Waals surface area contributed by atoms with E-state index in [1.54, 1.807) is 19.1 Å². The Bertz CT molecular complexity index is 758. The molecule has 1 fully saturated rings. The molecule has 1 saturated carbocycles. The van der Waals surface area contributed by atoms with Crippen LogP contribution in [0.2, 0.25) is 10.0 Å². The highest BCUT2D eigenvalue weighted by atomic mass is 35.5. The molecule has 1 N–H and O–H groups in total. The summed E-state index contributed by atoms with van der Waals surface area (Å²) in [6.07, 6.45) is 2.55. The molecular formula is C16H14Cl2N2O2. The molecule has 0 atom stereocenters. The lowest BCUT2D eigenvalue weighted by Crippen LogP contribution is -2.12. The Labute approximate surface area is 138 Å². The van der Waals surface area contributed by atoms with E-state index in [4.69, 9.17) is 23.2 Å². The molecular weight excluding hydrogens is 323 g/mol. The zero-order valence-corrected chi connectivity index (χ0v) is 13.4. The SMILES string of the molecule is Cc1c(Cc2ccc(Cl)c(Cl)c2)nc(C2CC2)nc1C(=O)O. The van der Waals surface area contributed by atoms with Crippen LogP contribution in [0.25, 0.3) is 0 Å². The Morgan fingerprint density at radius 1 is 1.27 bits per heavy atom. The number of carboxylic acid groups (broad SMARTS) is 1. The Hall–Kier alpha value is -1.65. The van der Waals surface area contributed by atoms with Gasteiger partial charge in [-0.15, -0.1) is 0 Å². The Morgan fingerprint density at radius 3 is 2.59 bits per heavy atom. The van der Waals surface area contributed by atoms with E-state index in [2.05, 4.69) is 9.97 Å².